The van der Waals surface area contributed by atoms with Crippen LogP contribution in [0.1, 0.15) is 26.2 Å². The summed E-state index contributed by atoms with van der Waals surface area (Å²) >= 11 is 1.22. The summed E-state index contributed by atoms with van der Waals surface area (Å²) < 4.78 is 33.0. The van der Waals surface area contributed by atoms with Crippen LogP contribution in [0.3, 0.4) is 0 Å². The van der Waals surface area contributed by atoms with Crippen molar-refractivity contribution in [3.8, 4) is 5.75 Å². The van der Waals surface area contributed by atoms with Crippen molar-refractivity contribution in [2.45, 2.75) is 36.0 Å². The lowest BCUT2D eigenvalue weighted by molar-refractivity contribution is -0.384. The number of nitrogens with one attached hydrogen (secondary N) is 1. The van der Waals surface area contributed by atoms with Gasteiger partial charge in [-0.25, -0.2) is 8.42 Å². The summed E-state index contributed by atoms with van der Waals surface area (Å²) in [5, 5.41) is 13.5. The Morgan fingerprint density at radius 3 is 2.47 bits per heavy atom. The predicted molar refractivity (Wildman–Crippen MR) is 123 cm³/mol. The fourth-order valence-electron chi connectivity index (χ4n) is 3.30. The van der Waals surface area contributed by atoms with Gasteiger partial charge in [0, 0.05) is 30.1 Å². The number of nitro groups is 1. The molecule has 1 saturated heterocycles. The van der Waals surface area contributed by atoms with E-state index in [-0.39, 0.29) is 22.2 Å². The van der Waals surface area contributed by atoms with E-state index in [2.05, 4.69) is 5.32 Å². The minimum Gasteiger partial charge on any atom is -0.492 e. The van der Waals surface area contributed by atoms with E-state index in [1.54, 1.807) is 25.1 Å². The van der Waals surface area contributed by atoms with Crippen LogP contribution in [-0.2, 0) is 14.8 Å². The largest absolute Gasteiger partial charge is 0.492 e. The summed E-state index contributed by atoms with van der Waals surface area (Å²) in [5.41, 5.74) is 0.270. The molecular formula is C21H25N3O6S2. The zero-order chi connectivity index (χ0) is 23.1. The molecular weight excluding hydrogens is 454 g/mol. The lowest BCUT2D eigenvalue weighted by Gasteiger charge is -2.26. The van der Waals surface area contributed by atoms with Gasteiger partial charge in [0.2, 0.25) is 15.9 Å². The van der Waals surface area contributed by atoms with Gasteiger partial charge in [0.1, 0.15) is 5.75 Å². The first-order valence-corrected chi connectivity index (χ1v) is 12.7. The maximum atomic E-state index is 13.0. The Balaban J connectivity index is 1.72. The van der Waals surface area contributed by atoms with Gasteiger partial charge in [-0.1, -0.05) is 6.42 Å². The van der Waals surface area contributed by atoms with E-state index in [0.29, 0.717) is 36.0 Å². The number of nitro benzene ring substituents is 1. The molecule has 9 nitrogen and oxygen atoms in total. The average Bonchev–Trinajstić information content (AvgIpc) is 2.79. The second kappa shape index (κ2) is 10.8. The zero-order valence-electron chi connectivity index (χ0n) is 17.7. The molecule has 0 aliphatic carbocycles. The summed E-state index contributed by atoms with van der Waals surface area (Å²) in [6.45, 7) is 3.14. The van der Waals surface area contributed by atoms with E-state index in [4.69, 9.17) is 4.74 Å². The third-order valence-electron chi connectivity index (χ3n) is 4.90. The van der Waals surface area contributed by atoms with Crippen molar-refractivity contribution in [3.05, 3.63) is 52.6 Å². The molecule has 1 heterocycles. The van der Waals surface area contributed by atoms with Crippen molar-refractivity contribution in [2.24, 2.45) is 0 Å². The number of amides is 1. The lowest BCUT2D eigenvalue weighted by Crippen LogP contribution is -2.35. The van der Waals surface area contributed by atoms with Gasteiger partial charge in [0.25, 0.3) is 5.69 Å². The molecule has 2 aromatic carbocycles. The topological polar surface area (TPSA) is 119 Å². The molecule has 3 rings (SSSR count). The van der Waals surface area contributed by atoms with Crippen LogP contribution >= 0.6 is 11.8 Å². The molecule has 2 aromatic rings. The van der Waals surface area contributed by atoms with Gasteiger partial charge in [-0.2, -0.15) is 4.31 Å². The molecule has 1 N–H and O–H groups in total. The lowest BCUT2D eigenvalue weighted by atomic mass is 10.2. The van der Waals surface area contributed by atoms with Crippen LogP contribution in [0.4, 0.5) is 11.4 Å². The highest BCUT2D eigenvalue weighted by Gasteiger charge is 2.27. The van der Waals surface area contributed by atoms with Crippen LogP contribution in [0.25, 0.3) is 0 Å². The molecule has 0 aromatic heterocycles. The Hall–Kier alpha value is -2.63. The van der Waals surface area contributed by atoms with E-state index in [1.165, 1.54) is 40.3 Å². The molecule has 0 atom stereocenters. The fourth-order valence-corrected chi connectivity index (χ4v) is 5.54. The first-order chi connectivity index (χ1) is 15.3. The third kappa shape index (κ3) is 5.99. The van der Waals surface area contributed by atoms with Gasteiger partial charge in [-0.05, 0) is 50.1 Å². The van der Waals surface area contributed by atoms with Crippen LogP contribution in [0.15, 0.2) is 52.3 Å². The summed E-state index contributed by atoms with van der Waals surface area (Å²) in [6.07, 6.45) is 2.68. The van der Waals surface area contributed by atoms with Crippen molar-refractivity contribution in [2.75, 3.05) is 30.8 Å². The highest BCUT2D eigenvalue weighted by molar-refractivity contribution is 8.00. The maximum absolute atomic E-state index is 13.0. The molecule has 0 bridgehead atoms. The summed E-state index contributed by atoms with van der Waals surface area (Å²) in [4.78, 5) is 23.6. The van der Waals surface area contributed by atoms with Crippen LogP contribution < -0.4 is 10.1 Å². The number of sulfonamides is 1. The quantitative estimate of drug-likeness (QED) is 0.329. The van der Waals surface area contributed by atoms with Crippen molar-refractivity contribution in [1.82, 2.24) is 4.31 Å². The summed E-state index contributed by atoms with van der Waals surface area (Å²) in [5.74, 6) is 0.0903. The highest BCUT2D eigenvalue weighted by atomic mass is 32.2. The Bertz CT molecular complexity index is 1070. The standard InChI is InChI=1S/C21H25N3O6S2/c1-2-30-20-11-10-18(32(28,29)23-12-4-3-5-13-23)14-19(20)22-21(25)15-31-17-8-6-16(7-9-17)24(26)27/h6-11,14H,2-5,12-13,15H2,1H3,(H,22,25). The highest BCUT2D eigenvalue weighted by Crippen LogP contribution is 2.31. The molecule has 1 fully saturated rings. The molecule has 1 aliphatic heterocycles. The Morgan fingerprint density at radius 2 is 1.84 bits per heavy atom. The Morgan fingerprint density at radius 1 is 1.16 bits per heavy atom. The number of nitrogens with zero attached hydrogens (tertiary/aromatic N) is 2. The molecule has 1 aliphatic rings. The summed E-state index contributed by atoms with van der Waals surface area (Å²) in [7, 11) is -3.65. The predicted octanol–water partition coefficient (Wildman–Crippen LogP) is 3.90. The van der Waals surface area contributed by atoms with Crippen LogP contribution in [0.5, 0.6) is 5.75 Å². The second-order valence-corrected chi connectivity index (χ2v) is 10.1. The van der Waals surface area contributed by atoms with Crippen molar-refractivity contribution in [3.63, 3.8) is 0 Å². The van der Waals surface area contributed by atoms with E-state index >= 15 is 0 Å². The number of carbonyl (C=O) groups is 1. The molecule has 0 spiro atoms. The van der Waals surface area contributed by atoms with E-state index in [0.717, 1.165) is 19.3 Å². The van der Waals surface area contributed by atoms with E-state index in [1.807, 2.05) is 0 Å². The number of piperidine rings is 1. The van der Waals surface area contributed by atoms with Gasteiger partial charge in [-0.3, -0.25) is 14.9 Å². The number of benzene rings is 2. The number of ether oxygens (including phenoxy) is 1. The van der Waals surface area contributed by atoms with Crippen molar-refractivity contribution in [1.29, 1.82) is 0 Å². The molecule has 11 heteroatoms. The Kier molecular flexibility index (Phi) is 8.10. The van der Waals surface area contributed by atoms with Gasteiger partial charge < -0.3 is 10.1 Å². The number of rotatable bonds is 9. The minimum absolute atomic E-state index is 0.0214. The molecule has 0 radical (unpaired) electrons. The number of hydrogen-bond donors (Lipinski definition) is 1. The van der Waals surface area contributed by atoms with Crippen molar-refractivity contribution >= 4 is 39.1 Å². The van der Waals surface area contributed by atoms with E-state index < -0.39 is 14.9 Å². The minimum atomic E-state index is -3.65. The van der Waals surface area contributed by atoms with Gasteiger partial charge in [-0.15, -0.1) is 11.8 Å². The average molecular weight is 480 g/mol. The molecule has 172 valence electrons. The Labute approximate surface area is 191 Å². The first kappa shape index (κ1) is 24.0. The van der Waals surface area contributed by atoms with Crippen molar-refractivity contribution < 1.29 is 22.9 Å². The maximum Gasteiger partial charge on any atom is 0.269 e. The normalized spacial score (nSPS) is 14.7. The van der Waals surface area contributed by atoms with Crippen LogP contribution in [0.2, 0.25) is 0 Å². The number of anilines is 1. The monoisotopic (exact) mass is 479 g/mol. The van der Waals surface area contributed by atoms with Gasteiger partial charge >= 0.3 is 0 Å². The zero-order valence-corrected chi connectivity index (χ0v) is 19.3. The van der Waals surface area contributed by atoms with E-state index in [9.17, 15) is 23.3 Å². The molecule has 0 saturated carbocycles. The molecule has 0 unspecified atom stereocenters. The molecule has 32 heavy (non-hydrogen) atoms. The molecule has 1 amide bonds. The summed E-state index contributed by atoms with van der Waals surface area (Å²) in [6, 6.07) is 10.4. The van der Waals surface area contributed by atoms with Gasteiger partial charge in [0.05, 0.1) is 27.9 Å². The number of non-ortho nitro benzene ring substituents is 1. The van der Waals surface area contributed by atoms with Crippen LogP contribution in [0, 0.1) is 10.1 Å². The third-order valence-corrected chi connectivity index (χ3v) is 7.80. The smallest absolute Gasteiger partial charge is 0.269 e. The van der Waals surface area contributed by atoms with Crippen LogP contribution in [-0.4, -0.2) is 49.0 Å². The fraction of sp³-hybridized carbons (Fsp3) is 0.381. The number of hydrogen-bond acceptors (Lipinski definition) is 7. The SMILES string of the molecule is CCOc1ccc(S(=O)(=O)N2CCCCC2)cc1NC(=O)CSc1ccc([N+](=O)[O-])cc1. The second-order valence-electron chi connectivity index (χ2n) is 7.14. The van der Waals surface area contributed by atoms with Gasteiger partial charge in [0.15, 0.2) is 0 Å². The number of thioether (sulfide) groups is 1. The number of carbonyl (C=O) groups excluding carboxylic acids is 1. The first-order valence-electron chi connectivity index (χ1n) is 10.3.